The molecule has 7 N–H and O–H groups in total. The molecule has 0 bridgehead atoms. The number of nitrogens with zero attached hydrogens (tertiary/aromatic N) is 1. The Morgan fingerprint density at radius 2 is 1.40 bits per heavy atom. The van der Waals surface area contributed by atoms with Gasteiger partial charge in [-0.1, -0.05) is 61.0 Å². The molecule has 274 valence electrons. The largest absolute Gasteiger partial charge is 0.490 e. The number of carboxylic acids is 1. The molecule has 1 fully saturated rings. The maximum Gasteiger partial charge on any atom is 0.490 e. The lowest BCUT2D eigenvalue weighted by atomic mass is 9.98. The number of nitrogens with one attached hydrogen (secondary N) is 2. The quantitative estimate of drug-likeness (QED) is 0.0836. The number of hydrogen-bond donors (Lipinski definition) is 5. The number of nitrogens with two attached hydrogens (primary N) is 2. The topological polar surface area (TPSA) is 178 Å². The molecule has 0 radical (unpaired) electrons. The summed E-state index contributed by atoms with van der Waals surface area (Å²) in [4.78, 5) is 39.8. The average Bonchev–Trinajstić information content (AvgIpc) is 3.13. The number of amides is 2. The van der Waals surface area contributed by atoms with Crippen molar-refractivity contribution in [3.05, 3.63) is 125 Å². The van der Waals surface area contributed by atoms with Gasteiger partial charge in [-0.15, -0.1) is 0 Å². The fourth-order valence-corrected chi connectivity index (χ4v) is 5.20. The molecule has 11 nitrogen and oxygen atoms in total. The molecule has 0 aromatic heterocycles. The summed E-state index contributed by atoms with van der Waals surface area (Å²) in [5, 5.41) is 13.0. The van der Waals surface area contributed by atoms with Gasteiger partial charge in [0.2, 0.25) is 5.91 Å². The number of aliphatic carboxylic acids is 1. The van der Waals surface area contributed by atoms with E-state index in [1.165, 1.54) is 19.3 Å². The Labute approximate surface area is 298 Å². The molecule has 52 heavy (non-hydrogen) atoms. The predicted octanol–water partition coefficient (Wildman–Crippen LogP) is 6.30. The van der Waals surface area contributed by atoms with Crippen LogP contribution >= 0.6 is 0 Å². The lowest BCUT2D eigenvalue weighted by Crippen LogP contribution is -2.40. The number of rotatable bonds is 12. The monoisotopic (exact) mass is 719 g/mol. The predicted molar refractivity (Wildman–Crippen MR) is 189 cm³/mol. The van der Waals surface area contributed by atoms with Crippen LogP contribution in [0.1, 0.15) is 65.2 Å². The third-order valence-corrected chi connectivity index (χ3v) is 7.87. The first-order valence-electron chi connectivity index (χ1n) is 16.5. The third kappa shape index (κ3) is 12.7. The Kier molecular flexibility index (Phi) is 14.0. The van der Waals surface area contributed by atoms with Gasteiger partial charge in [0.15, 0.2) is 5.96 Å². The zero-order chi connectivity index (χ0) is 37.5. The molecule has 4 aromatic rings. The second-order valence-corrected chi connectivity index (χ2v) is 11.9. The van der Waals surface area contributed by atoms with Gasteiger partial charge >= 0.3 is 12.1 Å². The molecular formula is C38H40F3N5O6. The molecule has 0 spiro atoms. The molecule has 1 atom stereocenters. The molecule has 5 rings (SSSR count). The van der Waals surface area contributed by atoms with Crippen LogP contribution in [0.3, 0.4) is 0 Å². The smallest absolute Gasteiger partial charge is 0.490 e. The normalized spacial score (nSPS) is 13.4. The summed E-state index contributed by atoms with van der Waals surface area (Å²) in [5.74, 6) is -2.12. The summed E-state index contributed by atoms with van der Waals surface area (Å²) in [6.45, 7) is 0.669. The summed E-state index contributed by atoms with van der Waals surface area (Å²) < 4.78 is 43.8. The summed E-state index contributed by atoms with van der Waals surface area (Å²) in [7, 11) is 0. The Balaban J connectivity index is 0.000000785. The number of halogens is 3. The van der Waals surface area contributed by atoms with Crippen molar-refractivity contribution in [3.63, 3.8) is 0 Å². The molecule has 1 aliphatic carbocycles. The SMILES string of the molecule is NC(N)=Nc1ccc(CNC(=O)[C@@H](NC(=O)c2ccc(OC3CCCCC3)cc2)c2ccc(OCc3ccccc3)cc2)cc1.O=C(O)C(F)(F)F. The van der Waals surface area contributed by atoms with Gasteiger partial charge in [-0.25, -0.2) is 9.79 Å². The number of guanidine groups is 1. The van der Waals surface area contributed by atoms with Crippen molar-refractivity contribution >= 4 is 29.4 Å². The van der Waals surface area contributed by atoms with E-state index in [0.717, 1.165) is 29.7 Å². The minimum absolute atomic E-state index is 0.0301. The fraction of sp³-hybridized carbons (Fsp3) is 0.263. The van der Waals surface area contributed by atoms with Crippen LogP contribution in [-0.4, -0.2) is 41.1 Å². The number of ether oxygens (including phenoxy) is 2. The first kappa shape index (κ1) is 38.7. The lowest BCUT2D eigenvalue weighted by molar-refractivity contribution is -0.192. The van der Waals surface area contributed by atoms with Gasteiger partial charge < -0.3 is 36.7 Å². The van der Waals surface area contributed by atoms with Gasteiger partial charge in [0.1, 0.15) is 24.1 Å². The standard InChI is InChI=1S/C36H39N5O4.C2HF3O2/c37-36(38)40-29-17-11-25(12-18-29)23-39-35(43)33(27-13-19-30(20-14-27)44-24-26-7-3-1-4-8-26)41-34(42)28-15-21-32(22-16-28)45-31-9-5-2-6-10-31;3-2(4,5)1(6)7/h1,3-4,7-8,11-22,31,33H,2,5-6,9-10,23-24H2,(H,39,43)(H,41,42)(H4,37,38,40);(H,6,7)/t33-;/m0./s1. The third-order valence-electron chi connectivity index (χ3n) is 7.87. The summed E-state index contributed by atoms with van der Waals surface area (Å²) in [6, 6.07) is 30.3. The Hall–Kier alpha value is -6.05. The number of aliphatic imine (C=N–C) groups is 1. The van der Waals surface area contributed by atoms with E-state index >= 15 is 0 Å². The number of hydrogen-bond acceptors (Lipinski definition) is 6. The minimum Gasteiger partial charge on any atom is -0.490 e. The molecule has 4 aromatic carbocycles. The molecule has 0 unspecified atom stereocenters. The van der Waals surface area contributed by atoms with E-state index in [9.17, 15) is 22.8 Å². The molecule has 1 aliphatic rings. The highest BCUT2D eigenvalue weighted by atomic mass is 19.4. The molecule has 14 heteroatoms. The van der Waals surface area contributed by atoms with Crippen LogP contribution < -0.4 is 31.6 Å². The minimum atomic E-state index is -5.08. The Bertz CT molecular complexity index is 1780. The second kappa shape index (κ2) is 18.8. The van der Waals surface area contributed by atoms with Gasteiger partial charge in [-0.05, 0) is 90.9 Å². The van der Waals surface area contributed by atoms with E-state index in [1.807, 2.05) is 54.6 Å². The number of carbonyl (C=O) groups is 3. The lowest BCUT2D eigenvalue weighted by Gasteiger charge is -2.23. The van der Waals surface area contributed by atoms with Crippen LogP contribution in [-0.2, 0) is 22.7 Å². The van der Waals surface area contributed by atoms with Crippen molar-refractivity contribution in [2.75, 3.05) is 0 Å². The Morgan fingerprint density at radius 1 is 0.808 bits per heavy atom. The van der Waals surface area contributed by atoms with Crippen molar-refractivity contribution in [2.24, 2.45) is 16.5 Å². The van der Waals surface area contributed by atoms with Crippen molar-refractivity contribution in [3.8, 4) is 11.5 Å². The highest BCUT2D eigenvalue weighted by molar-refractivity contribution is 5.98. The van der Waals surface area contributed by atoms with Crippen molar-refractivity contribution < 1.29 is 42.1 Å². The van der Waals surface area contributed by atoms with Crippen LogP contribution in [0.25, 0.3) is 0 Å². The van der Waals surface area contributed by atoms with Crippen molar-refractivity contribution in [1.82, 2.24) is 10.6 Å². The van der Waals surface area contributed by atoms with E-state index in [2.05, 4.69) is 15.6 Å². The van der Waals surface area contributed by atoms with Gasteiger partial charge in [0.05, 0.1) is 11.8 Å². The van der Waals surface area contributed by atoms with Gasteiger partial charge in [-0.2, -0.15) is 13.2 Å². The highest BCUT2D eigenvalue weighted by Gasteiger charge is 2.38. The molecule has 1 saturated carbocycles. The first-order valence-corrected chi connectivity index (χ1v) is 16.5. The molecule has 0 heterocycles. The van der Waals surface area contributed by atoms with Crippen LogP contribution in [0.5, 0.6) is 11.5 Å². The van der Waals surface area contributed by atoms with E-state index in [1.54, 1.807) is 48.5 Å². The molecule has 0 saturated heterocycles. The summed E-state index contributed by atoms with van der Waals surface area (Å²) >= 11 is 0. The van der Waals surface area contributed by atoms with E-state index in [0.29, 0.717) is 29.2 Å². The van der Waals surface area contributed by atoms with Crippen LogP contribution in [0.2, 0.25) is 0 Å². The zero-order valence-electron chi connectivity index (χ0n) is 28.1. The fourth-order valence-electron chi connectivity index (χ4n) is 5.20. The number of benzene rings is 4. The van der Waals surface area contributed by atoms with Crippen LogP contribution in [0, 0.1) is 0 Å². The molecule has 2 amide bonds. The summed E-state index contributed by atoms with van der Waals surface area (Å²) in [6.07, 6.45) is 0.845. The Morgan fingerprint density at radius 3 is 1.98 bits per heavy atom. The maximum atomic E-state index is 13.5. The van der Waals surface area contributed by atoms with E-state index < -0.39 is 18.2 Å². The molecular weight excluding hydrogens is 679 g/mol. The summed E-state index contributed by atoms with van der Waals surface area (Å²) in [5.41, 5.74) is 14.5. The van der Waals surface area contributed by atoms with Crippen LogP contribution in [0.4, 0.5) is 18.9 Å². The first-order chi connectivity index (χ1) is 24.9. The van der Waals surface area contributed by atoms with Crippen LogP contribution in [0.15, 0.2) is 108 Å². The molecule has 0 aliphatic heterocycles. The number of carbonyl (C=O) groups excluding carboxylic acids is 2. The van der Waals surface area contributed by atoms with E-state index in [4.69, 9.17) is 30.8 Å². The van der Waals surface area contributed by atoms with Crippen molar-refractivity contribution in [2.45, 2.75) is 63.6 Å². The van der Waals surface area contributed by atoms with Gasteiger partial charge in [0, 0.05) is 12.1 Å². The average molecular weight is 720 g/mol. The van der Waals surface area contributed by atoms with Gasteiger partial charge in [0.25, 0.3) is 5.91 Å². The van der Waals surface area contributed by atoms with Crippen molar-refractivity contribution in [1.29, 1.82) is 0 Å². The second-order valence-electron chi connectivity index (χ2n) is 11.9. The van der Waals surface area contributed by atoms with E-state index in [-0.39, 0.29) is 30.4 Å². The van der Waals surface area contributed by atoms with Gasteiger partial charge in [-0.3, -0.25) is 9.59 Å². The number of carboxylic acid groups (broad SMARTS) is 1. The highest BCUT2D eigenvalue weighted by Crippen LogP contribution is 2.25. The maximum absolute atomic E-state index is 13.5. The number of alkyl halides is 3. The zero-order valence-corrected chi connectivity index (χ0v) is 28.1.